The minimum Gasteiger partial charge on any atom is -0.385 e. The molecule has 6 bridgehead atoms. The molecule has 2 aliphatic rings. The third-order valence-electron chi connectivity index (χ3n) is 8.01. The van der Waals surface area contributed by atoms with Gasteiger partial charge in [0.05, 0.1) is 17.4 Å². The van der Waals surface area contributed by atoms with E-state index in [0.717, 1.165) is 84.8 Å². The maximum Gasteiger partial charge on any atom is 0.256 e. The molecule has 4 heterocycles. The molecule has 1 fully saturated rings. The largest absolute Gasteiger partial charge is 0.385 e. The van der Waals surface area contributed by atoms with Gasteiger partial charge in [-0.05, 0) is 92.5 Å². The van der Waals surface area contributed by atoms with E-state index in [1.54, 1.807) is 17.3 Å². The van der Waals surface area contributed by atoms with Gasteiger partial charge in [0.25, 0.3) is 5.91 Å². The first-order valence-corrected chi connectivity index (χ1v) is 14.3. The summed E-state index contributed by atoms with van der Waals surface area (Å²) in [6, 6.07) is 11.5. The van der Waals surface area contributed by atoms with E-state index in [1.165, 1.54) is 11.6 Å². The van der Waals surface area contributed by atoms with Crippen LogP contribution in [0.3, 0.4) is 0 Å². The number of hydrogen-bond acceptors (Lipinski definition) is 7. The Kier molecular flexibility index (Phi) is 7.94. The molecule has 1 saturated heterocycles. The van der Waals surface area contributed by atoms with Crippen LogP contribution >= 0.6 is 0 Å². The number of aryl methyl sites for hydroxylation is 3. The van der Waals surface area contributed by atoms with Crippen molar-refractivity contribution >= 4 is 34.7 Å². The number of hydrogen-bond donors (Lipinski definition) is 3. The first-order valence-electron chi connectivity index (χ1n) is 14.3. The van der Waals surface area contributed by atoms with E-state index in [0.29, 0.717) is 25.0 Å². The Bertz CT molecular complexity index is 1600. The molecule has 8 nitrogen and oxygen atoms in total. The summed E-state index contributed by atoms with van der Waals surface area (Å²) in [6.07, 6.45) is 9.80. The summed E-state index contributed by atoms with van der Waals surface area (Å²) < 4.78 is 27.4. The lowest BCUT2D eigenvalue weighted by molar-refractivity contribution is 0.0683. The van der Waals surface area contributed by atoms with Crippen LogP contribution in [0, 0.1) is 24.5 Å². The van der Waals surface area contributed by atoms with Crippen molar-refractivity contribution in [1.82, 2.24) is 19.9 Å². The number of halogens is 2. The number of carbonyl (C=O) groups is 1. The molecular formula is C32H33F2N7O. The number of nitrogens with one attached hydrogen (secondary N) is 3. The Balaban J connectivity index is 1.10. The monoisotopic (exact) mass is 569 g/mol. The van der Waals surface area contributed by atoms with Crippen molar-refractivity contribution < 1.29 is 13.6 Å². The SMILES string of the molecule is Cc1cnc2nc1Nc1ccc(NCCC3CCN(C(=O)c4ccc(F)cc4F)CC3)c(c1)CCc1cncc(c1)N2. The number of pyridine rings is 1. The summed E-state index contributed by atoms with van der Waals surface area (Å²) in [5.74, 6) is -0.151. The molecule has 0 atom stereocenters. The zero-order valence-corrected chi connectivity index (χ0v) is 23.5. The normalized spacial score (nSPS) is 15.0. The number of rotatable bonds is 5. The zero-order valence-electron chi connectivity index (χ0n) is 23.5. The highest BCUT2D eigenvalue weighted by molar-refractivity contribution is 5.94. The zero-order chi connectivity index (χ0) is 29.1. The molecule has 0 radical (unpaired) electrons. The van der Waals surface area contributed by atoms with Gasteiger partial charge in [-0.25, -0.2) is 13.8 Å². The van der Waals surface area contributed by atoms with Crippen molar-refractivity contribution in [2.24, 2.45) is 5.92 Å². The molecular weight excluding hydrogens is 536 g/mol. The fourth-order valence-corrected chi connectivity index (χ4v) is 5.59. The summed E-state index contributed by atoms with van der Waals surface area (Å²) in [5.41, 5.74) is 6.10. The van der Waals surface area contributed by atoms with Gasteiger partial charge in [0, 0.05) is 55.0 Å². The summed E-state index contributed by atoms with van der Waals surface area (Å²) >= 11 is 0. The van der Waals surface area contributed by atoms with Crippen molar-refractivity contribution in [2.45, 2.75) is 39.0 Å². The van der Waals surface area contributed by atoms with Gasteiger partial charge in [-0.1, -0.05) is 0 Å². The maximum absolute atomic E-state index is 14.1. The Labute approximate surface area is 243 Å². The molecule has 10 heteroatoms. The molecule has 0 saturated carbocycles. The van der Waals surface area contributed by atoms with Crippen LogP contribution in [0.25, 0.3) is 0 Å². The topological polar surface area (TPSA) is 95.1 Å². The van der Waals surface area contributed by atoms with Crippen molar-refractivity contribution in [1.29, 1.82) is 0 Å². The summed E-state index contributed by atoms with van der Waals surface area (Å²) in [4.78, 5) is 27.9. The van der Waals surface area contributed by atoms with E-state index in [9.17, 15) is 13.6 Å². The quantitative estimate of drug-likeness (QED) is 0.256. The molecule has 2 aliphatic heterocycles. The molecule has 0 aliphatic carbocycles. The minimum atomic E-state index is -0.811. The molecule has 2 aromatic carbocycles. The van der Waals surface area contributed by atoms with Gasteiger partial charge in [-0.2, -0.15) is 4.98 Å². The predicted octanol–water partition coefficient (Wildman–Crippen LogP) is 6.40. The number of benzene rings is 2. The molecule has 2 aromatic heterocycles. The standard InChI is InChI=1S/C32H33F2N7O/c1-20-17-37-32-39-26-14-22(18-35-19-26)2-3-23-15-25(38-30(20)40-32)5-7-29(23)36-11-8-21-9-12-41(13-10-21)31(42)27-6-4-24(33)16-28(27)34/h4-7,14-19,21,36H,2-3,8-13H2,1H3,(H2,37,38,39,40). The third kappa shape index (κ3) is 6.32. The predicted molar refractivity (Wildman–Crippen MR) is 160 cm³/mol. The Morgan fingerprint density at radius 2 is 1.86 bits per heavy atom. The lowest BCUT2D eigenvalue weighted by atomic mass is 9.93. The van der Waals surface area contributed by atoms with Gasteiger partial charge in [-0.15, -0.1) is 0 Å². The van der Waals surface area contributed by atoms with Crippen molar-refractivity contribution in [2.75, 3.05) is 35.6 Å². The van der Waals surface area contributed by atoms with Crippen LogP contribution in [0.15, 0.2) is 61.1 Å². The van der Waals surface area contributed by atoms with E-state index in [4.69, 9.17) is 0 Å². The maximum atomic E-state index is 14.1. The summed E-state index contributed by atoms with van der Waals surface area (Å²) in [7, 11) is 0. The van der Waals surface area contributed by atoms with E-state index in [-0.39, 0.29) is 11.5 Å². The summed E-state index contributed by atoms with van der Waals surface area (Å²) in [6.45, 7) is 3.92. The number of piperidine rings is 1. The molecule has 4 aromatic rings. The highest BCUT2D eigenvalue weighted by Gasteiger charge is 2.25. The number of likely N-dealkylation sites (tertiary alicyclic amines) is 1. The number of anilines is 5. The molecule has 3 N–H and O–H groups in total. The highest BCUT2D eigenvalue weighted by Crippen LogP contribution is 2.28. The van der Waals surface area contributed by atoms with Crippen LogP contribution in [0.1, 0.15) is 46.3 Å². The number of fused-ring (bicyclic) bond motifs is 6. The van der Waals surface area contributed by atoms with Crippen LogP contribution in [-0.2, 0) is 12.8 Å². The molecule has 6 rings (SSSR count). The van der Waals surface area contributed by atoms with Gasteiger partial charge < -0.3 is 20.9 Å². The van der Waals surface area contributed by atoms with Crippen LogP contribution in [-0.4, -0.2) is 45.4 Å². The summed E-state index contributed by atoms with van der Waals surface area (Å²) in [5, 5.41) is 10.4. The van der Waals surface area contributed by atoms with Gasteiger partial charge >= 0.3 is 0 Å². The van der Waals surface area contributed by atoms with Gasteiger partial charge in [0.15, 0.2) is 0 Å². The second kappa shape index (κ2) is 12.1. The Morgan fingerprint density at radius 3 is 2.69 bits per heavy atom. The second-order valence-electron chi connectivity index (χ2n) is 11.0. The smallest absolute Gasteiger partial charge is 0.256 e. The highest BCUT2D eigenvalue weighted by atomic mass is 19.1. The average molecular weight is 570 g/mol. The first kappa shape index (κ1) is 27.6. The van der Waals surface area contributed by atoms with Crippen LogP contribution < -0.4 is 16.0 Å². The number of carbonyl (C=O) groups excluding carboxylic acids is 1. The Morgan fingerprint density at radius 1 is 1.00 bits per heavy atom. The van der Waals surface area contributed by atoms with Gasteiger partial charge in [-0.3, -0.25) is 9.78 Å². The average Bonchev–Trinajstić information content (AvgIpc) is 2.99. The number of aromatic nitrogens is 3. The van der Waals surface area contributed by atoms with Crippen molar-refractivity contribution in [3.63, 3.8) is 0 Å². The van der Waals surface area contributed by atoms with E-state index >= 15 is 0 Å². The Hall–Kier alpha value is -4.60. The second-order valence-corrected chi connectivity index (χ2v) is 11.0. The molecule has 0 unspecified atom stereocenters. The minimum absolute atomic E-state index is 0.0716. The third-order valence-corrected chi connectivity index (χ3v) is 8.01. The molecule has 0 spiro atoms. The van der Waals surface area contributed by atoms with Crippen molar-refractivity contribution in [3.05, 3.63) is 94.9 Å². The molecule has 216 valence electrons. The number of nitrogens with zero attached hydrogens (tertiary/aromatic N) is 4. The van der Waals surface area contributed by atoms with E-state index < -0.39 is 11.6 Å². The number of amides is 1. The fraction of sp³-hybridized carbons (Fsp3) is 0.312. The van der Waals surface area contributed by atoms with Crippen LogP contribution in [0.4, 0.5) is 37.6 Å². The fourth-order valence-electron chi connectivity index (χ4n) is 5.59. The van der Waals surface area contributed by atoms with Crippen LogP contribution in [0.2, 0.25) is 0 Å². The van der Waals surface area contributed by atoms with Crippen molar-refractivity contribution in [3.8, 4) is 0 Å². The van der Waals surface area contributed by atoms with Crippen LogP contribution in [0.5, 0.6) is 0 Å². The lowest BCUT2D eigenvalue weighted by Crippen LogP contribution is -2.39. The first-order chi connectivity index (χ1) is 20.4. The molecule has 1 amide bonds. The lowest BCUT2D eigenvalue weighted by Gasteiger charge is -2.32. The van der Waals surface area contributed by atoms with Gasteiger partial charge in [0.2, 0.25) is 5.95 Å². The molecule has 42 heavy (non-hydrogen) atoms. The van der Waals surface area contributed by atoms with E-state index in [2.05, 4.69) is 55.2 Å². The van der Waals surface area contributed by atoms with E-state index in [1.807, 2.05) is 13.1 Å². The van der Waals surface area contributed by atoms with Gasteiger partial charge in [0.1, 0.15) is 17.5 Å².